The number of nitrogen functional groups attached to an aromatic ring is 1. The summed E-state index contributed by atoms with van der Waals surface area (Å²) in [7, 11) is 0. The normalized spacial score (nSPS) is 9.80. The van der Waals surface area contributed by atoms with Crippen LogP contribution in [-0.2, 0) is 0 Å². The molecule has 0 atom stereocenters. The molecule has 0 saturated carbocycles. The Bertz CT molecular complexity index is 235. The van der Waals surface area contributed by atoms with Gasteiger partial charge in [-0.15, -0.1) is 0 Å². The molecule has 0 radical (unpaired) electrons. The zero-order valence-electron chi connectivity index (χ0n) is 4.94. The Balaban J connectivity index is 3.34. The van der Waals surface area contributed by atoms with Crippen molar-refractivity contribution in [2.45, 2.75) is 0 Å². The minimum Gasteiger partial charge on any atom is -0.507 e. The van der Waals surface area contributed by atoms with E-state index in [1.807, 2.05) is 0 Å². The third-order valence-electron chi connectivity index (χ3n) is 1.09. The van der Waals surface area contributed by atoms with Crippen molar-refractivity contribution in [3.05, 3.63) is 19.3 Å². The van der Waals surface area contributed by atoms with Crippen molar-refractivity contribution in [2.24, 2.45) is 0 Å². The van der Waals surface area contributed by atoms with Crippen molar-refractivity contribution in [3.8, 4) is 5.75 Å². The average molecular weight is 361 g/mol. The van der Waals surface area contributed by atoms with E-state index >= 15 is 0 Å². The predicted octanol–water partition coefficient (Wildman–Crippen LogP) is 2.18. The Morgan fingerprint density at radius 1 is 1.20 bits per heavy atom. The Kier molecular flexibility index (Phi) is 2.61. The molecule has 1 aromatic rings. The highest BCUT2D eigenvalue weighted by Gasteiger charge is 2.03. The molecule has 54 valence electrons. The second kappa shape index (κ2) is 3.12. The van der Waals surface area contributed by atoms with E-state index < -0.39 is 0 Å². The third-order valence-corrected chi connectivity index (χ3v) is 4.38. The van der Waals surface area contributed by atoms with Crippen LogP contribution >= 0.6 is 45.2 Å². The van der Waals surface area contributed by atoms with Gasteiger partial charge in [0.05, 0.1) is 7.14 Å². The monoisotopic (exact) mass is 361 g/mol. The molecule has 1 rings (SSSR count). The van der Waals surface area contributed by atoms with Crippen molar-refractivity contribution in [1.82, 2.24) is 0 Å². The van der Waals surface area contributed by atoms with Gasteiger partial charge in [-0.3, -0.25) is 0 Å². The van der Waals surface area contributed by atoms with Crippen molar-refractivity contribution < 1.29 is 5.11 Å². The number of nitrogens with two attached hydrogens (primary N) is 1. The Morgan fingerprint density at radius 3 is 2.30 bits per heavy atom. The van der Waals surface area contributed by atoms with Gasteiger partial charge < -0.3 is 10.8 Å². The SMILES string of the molecule is Nc1ccc(O)c(I)c1I. The van der Waals surface area contributed by atoms with Gasteiger partial charge in [-0.1, -0.05) is 0 Å². The molecule has 0 unspecified atom stereocenters. The minimum absolute atomic E-state index is 0.291. The fourth-order valence-corrected chi connectivity index (χ4v) is 1.50. The first-order chi connectivity index (χ1) is 4.63. The smallest absolute Gasteiger partial charge is 0.130 e. The maximum Gasteiger partial charge on any atom is 0.130 e. The Morgan fingerprint density at radius 2 is 1.80 bits per heavy atom. The molecule has 0 aromatic heterocycles. The van der Waals surface area contributed by atoms with E-state index in [0.29, 0.717) is 11.4 Å². The predicted molar refractivity (Wildman–Crippen MR) is 58.0 cm³/mol. The van der Waals surface area contributed by atoms with Gasteiger partial charge in [0, 0.05) is 5.69 Å². The molecular formula is C6H5I2NO. The summed E-state index contributed by atoms with van der Waals surface area (Å²) in [6.45, 7) is 0. The molecule has 0 fully saturated rings. The number of halogens is 2. The number of rotatable bonds is 0. The maximum absolute atomic E-state index is 9.16. The largest absolute Gasteiger partial charge is 0.507 e. The van der Waals surface area contributed by atoms with Crippen LogP contribution in [0.4, 0.5) is 5.69 Å². The summed E-state index contributed by atoms with van der Waals surface area (Å²) >= 11 is 4.16. The second-order valence-electron chi connectivity index (χ2n) is 1.80. The van der Waals surface area contributed by atoms with Gasteiger partial charge >= 0.3 is 0 Å². The summed E-state index contributed by atoms with van der Waals surface area (Å²) in [6, 6.07) is 3.29. The van der Waals surface area contributed by atoms with Crippen LogP contribution in [0.5, 0.6) is 5.75 Å². The second-order valence-corrected chi connectivity index (χ2v) is 3.96. The van der Waals surface area contributed by atoms with Gasteiger partial charge in [0.25, 0.3) is 0 Å². The lowest BCUT2D eigenvalue weighted by atomic mass is 10.3. The molecule has 0 aliphatic rings. The van der Waals surface area contributed by atoms with Crippen molar-refractivity contribution in [1.29, 1.82) is 0 Å². The number of hydrogen-bond acceptors (Lipinski definition) is 2. The van der Waals surface area contributed by atoms with E-state index in [4.69, 9.17) is 10.8 Å². The summed E-state index contributed by atoms with van der Waals surface area (Å²) in [5, 5.41) is 9.16. The molecule has 0 aliphatic carbocycles. The van der Waals surface area contributed by atoms with Gasteiger partial charge in [0.2, 0.25) is 0 Å². The fraction of sp³-hybridized carbons (Fsp3) is 0. The highest BCUT2D eigenvalue weighted by molar-refractivity contribution is 14.1. The standard InChI is InChI=1S/C6H5I2NO/c7-5-3(9)1-2-4(10)6(5)8/h1-2,10H,9H2. The van der Waals surface area contributed by atoms with Crippen LogP contribution in [0.2, 0.25) is 0 Å². The van der Waals surface area contributed by atoms with E-state index in [-0.39, 0.29) is 0 Å². The number of anilines is 1. The molecule has 0 bridgehead atoms. The van der Waals surface area contributed by atoms with Gasteiger partial charge in [0.1, 0.15) is 5.75 Å². The lowest BCUT2D eigenvalue weighted by Gasteiger charge is -2.01. The summed E-state index contributed by atoms with van der Waals surface area (Å²) in [5.41, 5.74) is 6.28. The van der Waals surface area contributed by atoms with Crippen LogP contribution in [-0.4, -0.2) is 5.11 Å². The minimum atomic E-state index is 0.291. The zero-order valence-corrected chi connectivity index (χ0v) is 9.25. The van der Waals surface area contributed by atoms with Gasteiger partial charge in [-0.2, -0.15) is 0 Å². The number of phenols is 1. The summed E-state index contributed by atoms with van der Waals surface area (Å²) in [6.07, 6.45) is 0. The van der Waals surface area contributed by atoms with Crippen LogP contribution in [0.15, 0.2) is 12.1 Å². The first kappa shape index (κ1) is 8.38. The Labute approximate surface area is 86.1 Å². The fourth-order valence-electron chi connectivity index (χ4n) is 0.554. The van der Waals surface area contributed by atoms with E-state index in [1.165, 1.54) is 0 Å². The van der Waals surface area contributed by atoms with Crippen LogP contribution in [0.25, 0.3) is 0 Å². The molecule has 3 N–H and O–H groups in total. The molecule has 0 spiro atoms. The van der Waals surface area contributed by atoms with Crippen LogP contribution in [0.1, 0.15) is 0 Å². The number of hydrogen-bond donors (Lipinski definition) is 2. The molecule has 0 saturated heterocycles. The number of benzene rings is 1. The first-order valence-electron chi connectivity index (χ1n) is 2.55. The van der Waals surface area contributed by atoms with Gasteiger partial charge in [-0.05, 0) is 57.3 Å². The van der Waals surface area contributed by atoms with Crippen molar-refractivity contribution in [2.75, 3.05) is 5.73 Å². The van der Waals surface area contributed by atoms with Crippen LogP contribution < -0.4 is 5.73 Å². The lowest BCUT2D eigenvalue weighted by Crippen LogP contribution is -1.91. The number of phenolic OH excluding ortho intramolecular Hbond substituents is 1. The number of aromatic hydroxyl groups is 1. The van der Waals surface area contributed by atoms with Gasteiger partial charge in [0.15, 0.2) is 0 Å². The van der Waals surface area contributed by atoms with E-state index in [2.05, 4.69) is 45.2 Å². The molecule has 0 heterocycles. The molecule has 1 aromatic carbocycles. The maximum atomic E-state index is 9.16. The first-order valence-corrected chi connectivity index (χ1v) is 4.71. The quantitative estimate of drug-likeness (QED) is 0.423. The topological polar surface area (TPSA) is 46.2 Å². The van der Waals surface area contributed by atoms with Crippen molar-refractivity contribution >= 4 is 50.9 Å². The van der Waals surface area contributed by atoms with E-state index in [0.717, 1.165) is 7.14 Å². The molecule has 10 heavy (non-hydrogen) atoms. The molecular weight excluding hydrogens is 356 g/mol. The highest BCUT2D eigenvalue weighted by Crippen LogP contribution is 2.28. The zero-order chi connectivity index (χ0) is 7.72. The highest BCUT2D eigenvalue weighted by atomic mass is 127. The summed E-state index contributed by atoms with van der Waals surface area (Å²) < 4.78 is 1.73. The van der Waals surface area contributed by atoms with Crippen molar-refractivity contribution in [3.63, 3.8) is 0 Å². The van der Waals surface area contributed by atoms with E-state index in [1.54, 1.807) is 12.1 Å². The van der Waals surface area contributed by atoms with Gasteiger partial charge in [-0.25, -0.2) is 0 Å². The van der Waals surface area contributed by atoms with Crippen LogP contribution in [0, 0.1) is 7.14 Å². The average Bonchev–Trinajstić information content (AvgIpc) is 1.93. The lowest BCUT2D eigenvalue weighted by molar-refractivity contribution is 0.471. The molecule has 0 aliphatic heterocycles. The summed E-state index contributed by atoms with van der Waals surface area (Å²) in [5.74, 6) is 0.291. The third kappa shape index (κ3) is 1.47. The molecule has 0 amide bonds. The van der Waals surface area contributed by atoms with Crippen LogP contribution in [0.3, 0.4) is 0 Å². The van der Waals surface area contributed by atoms with E-state index in [9.17, 15) is 0 Å². The molecule has 4 heteroatoms. The Hall–Kier alpha value is 0.280. The summed E-state index contributed by atoms with van der Waals surface area (Å²) in [4.78, 5) is 0. The molecule has 2 nitrogen and oxygen atoms in total.